The Kier molecular flexibility index (Phi) is 2.71. The summed E-state index contributed by atoms with van der Waals surface area (Å²) < 4.78 is 0. The van der Waals surface area contributed by atoms with Gasteiger partial charge in [0, 0.05) is 12.2 Å². The van der Waals surface area contributed by atoms with E-state index in [1.54, 1.807) is 0 Å². The molecule has 0 spiro atoms. The highest BCUT2D eigenvalue weighted by Crippen LogP contribution is 2.21. The molecule has 1 rings (SSSR count). The highest BCUT2D eigenvalue weighted by molar-refractivity contribution is 5.25. The summed E-state index contributed by atoms with van der Waals surface area (Å²) in [7, 11) is 1.97. The topological polar surface area (TPSA) is 38.0 Å². The Bertz CT molecular complexity index is 192. The summed E-state index contributed by atoms with van der Waals surface area (Å²) in [6, 6.07) is 0. The van der Waals surface area contributed by atoms with Crippen LogP contribution in [0, 0.1) is 5.92 Å². The van der Waals surface area contributed by atoms with Gasteiger partial charge in [0.15, 0.2) is 0 Å². The number of nitrogens with one attached hydrogen (secondary N) is 1. The second kappa shape index (κ2) is 3.58. The molecule has 0 radical (unpaired) electrons. The molecule has 0 bridgehead atoms. The molecule has 3 N–H and O–H groups in total. The van der Waals surface area contributed by atoms with E-state index < -0.39 is 0 Å². The SMILES string of the molecule is CNCC1=CC=C(N)CC1C. The molecule has 11 heavy (non-hydrogen) atoms. The molecule has 62 valence electrons. The van der Waals surface area contributed by atoms with Crippen LogP contribution < -0.4 is 11.1 Å². The van der Waals surface area contributed by atoms with Crippen LogP contribution in [0.25, 0.3) is 0 Å². The summed E-state index contributed by atoms with van der Waals surface area (Å²) in [5.41, 5.74) is 8.12. The molecule has 1 unspecified atom stereocenters. The minimum Gasteiger partial charge on any atom is -0.402 e. The molecule has 0 aliphatic heterocycles. The lowest BCUT2D eigenvalue weighted by Crippen LogP contribution is -2.19. The molecule has 0 saturated heterocycles. The molecule has 1 aliphatic rings. The Morgan fingerprint density at radius 1 is 1.64 bits per heavy atom. The monoisotopic (exact) mass is 152 g/mol. The first-order chi connectivity index (χ1) is 5.24. The highest BCUT2D eigenvalue weighted by atomic mass is 14.8. The van der Waals surface area contributed by atoms with Crippen LogP contribution in [0.3, 0.4) is 0 Å². The quantitative estimate of drug-likeness (QED) is 0.620. The van der Waals surface area contributed by atoms with Gasteiger partial charge in [0.2, 0.25) is 0 Å². The van der Waals surface area contributed by atoms with E-state index in [1.807, 2.05) is 13.1 Å². The standard InChI is InChI=1S/C9H16N2/c1-7-5-9(10)4-3-8(7)6-11-2/h3-4,7,11H,5-6,10H2,1-2H3. The normalized spacial score (nSPS) is 24.4. The largest absolute Gasteiger partial charge is 0.402 e. The number of allylic oxidation sites excluding steroid dienone is 3. The first kappa shape index (κ1) is 8.34. The van der Waals surface area contributed by atoms with Gasteiger partial charge in [-0.3, -0.25) is 0 Å². The van der Waals surface area contributed by atoms with Crippen LogP contribution >= 0.6 is 0 Å². The van der Waals surface area contributed by atoms with Gasteiger partial charge >= 0.3 is 0 Å². The van der Waals surface area contributed by atoms with Gasteiger partial charge in [0.25, 0.3) is 0 Å². The van der Waals surface area contributed by atoms with Crippen LogP contribution in [-0.4, -0.2) is 13.6 Å². The fraction of sp³-hybridized carbons (Fsp3) is 0.556. The van der Waals surface area contributed by atoms with Crippen LogP contribution in [0.4, 0.5) is 0 Å². The minimum atomic E-state index is 0.604. The van der Waals surface area contributed by atoms with Crippen molar-refractivity contribution in [3.63, 3.8) is 0 Å². The van der Waals surface area contributed by atoms with Crippen LogP contribution in [0.2, 0.25) is 0 Å². The van der Waals surface area contributed by atoms with Crippen LogP contribution in [0.5, 0.6) is 0 Å². The van der Waals surface area contributed by atoms with Gasteiger partial charge < -0.3 is 11.1 Å². The molecule has 0 amide bonds. The molecule has 0 fully saturated rings. The number of nitrogens with two attached hydrogens (primary N) is 1. The minimum absolute atomic E-state index is 0.604. The van der Waals surface area contributed by atoms with Crippen LogP contribution in [-0.2, 0) is 0 Å². The number of hydrogen-bond acceptors (Lipinski definition) is 2. The molecule has 1 atom stereocenters. The van der Waals surface area contributed by atoms with Crippen molar-refractivity contribution < 1.29 is 0 Å². The van der Waals surface area contributed by atoms with E-state index in [-0.39, 0.29) is 0 Å². The lowest BCUT2D eigenvalue weighted by Gasteiger charge is -2.19. The van der Waals surface area contributed by atoms with Gasteiger partial charge in [-0.25, -0.2) is 0 Å². The van der Waals surface area contributed by atoms with Crippen molar-refractivity contribution in [1.29, 1.82) is 0 Å². The Balaban J connectivity index is 2.62. The van der Waals surface area contributed by atoms with E-state index in [9.17, 15) is 0 Å². The van der Waals surface area contributed by atoms with Gasteiger partial charge in [-0.2, -0.15) is 0 Å². The van der Waals surface area contributed by atoms with E-state index in [1.165, 1.54) is 5.57 Å². The third-order valence-corrected chi connectivity index (χ3v) is 2.07. The average molecular weight is 152 g/mol. The third kappa shape index (κ3) is 2.09. The molecule has 0 heterocycles. The lowest BCUT2D eigenvalue weighted by molar-refractivity contribution is 0.624. The maximum atomic E-state index is 5.68. The summed E-state index contributed by atoms with van der Waals surface area (Å²) >= 11 is 0. The first-order valence-corrected chi connectivity index (χ1v) is 4.03. The molecule has 0 aromatic carbocycles. The van der Waals surface area contributed by atoms with Gasteiger partial charge in [-0.1, -0.05) is 18.6 Å². The van der Waals surface area contributed by atoms with Crippen molar-refractivity contribution in [3.05, 3.63) is 23.4 Å². The maximum absolute atomic E-state index is 5.68. The number of likely N-dealkylation sites (N-methyl/N-ethyl adjacent to an activating group) is 1. The summed E-state index contributed by atoms with van der Waals surface area (Å²) in [5, 5.41) is 3.14. The van der Waals surface area contributed by atoms with Gasteiger partial charge in [-0.15, -0.1) is 0 Å². The Morgan fingerprint density at radius 2 is 2.36 bits per heavy atom. The Morgan fingerprint density at radius 3 is 2.91 bits per heavy atom. The van der Waals surface area contributed by atoms with Crippen molar-refractivity contribution in [2.45, 2.75) is 13.3 Å². The fourth-order valence-electron chi connectivity index (χ4n) is 1.37. The summed E-state index contributed by atoms with van der Waals surface area (Å²) in [6.45, 7) is 3.19. The van der Waals surface area contributed by atoms with Crippen molar-refractivity contribution in [2.24, 2.45) is 11.7 Å². The van der Waals surface area contributed by atoms with Crippen molar-refractivity contribution in [3.8, 4) is 0 Å². The van der Waals surface area contributed by atoms with Crippen molar-refractivity contribution in [2.75, 3.05) is 13.6 Å². The second-order valence-electron chi connectivity index (χ2n) is 3.12. The lowest BCUT2D eigenvalue weighted by atomic mass is 9.91. The van der Waals surface area contributed by atoms with E-state index in [0.717, 1.165) is 18.7 Å². The molecule has 0 aromatic heterocycles. The zero-order valence-corrected chi connectivity index (χ0v) is 7.22. The third-order valence-electron chi connectivity index (χ3n) is 2.07. The fourth-order valence-corrected chi connectivity index (χ4v) is 1.37. The molecule has 1 aliphatic carbocycles. The molecule has 0 saturated carbocycles. The number of hydrogen-bond donors (Lipinski definition) is 2. The summed E-state index contributed by atoms with van der Waals surface area (Å²) in [4.78, 5) is 0. The summed E-state index contributed by atoms with van der Waals surface area (Å²) in [6.07, 6.45) is 5.14. The zero-order chi connectivity index (χ0) is 8.27. The molecule has 2 nitrogen and oxygen atoms in total. The van der Waals surface area contributed by atoms with Crippen molar-refractivity contribution in [1.82, 2.24) is 5.32 Å². The van der Waals surface area contributed by atoms with E-state index in [2.05, 4.69) is 18.3 Å². The summed E-state index contributed by atoms with van der Waals surface area (Å²) in [5.74, 6) is 0.604. The predicted octanol–water partition coefficient (Wildman–Crippen LogP) is 1.01. The van der Waals surface area contributed by atoms with Crippen LogP contribution in [0.1, 0.15) is 13.3 Å². The molecule has 0 aromatic rings. The van der Waals surface area contributed by atoms with Crippen LogP contribution in [0.15, 0.2) is 23.4 Å². The Labute approximate surface area is 68.2 Å². The highest BCUT2D eigenvalue weighted by Gasteiger charge is 2.11. The Hall–Kier alpha value is -0.760. The number of rotatable bonds is 2. The van der Waals surface area contributed by atoms with E-state index in [0.29, 0.717) is 5.92 Å². The molecular weight excluding hydrogens is 136 g/mol. The van der Waals surface area contributed by atoms with Gasteiger partial charge in [0.1, 0.15) is 0 Å². The smallest absolute Gasteiger partial charge is 0.0167 e. The maximum Gasteiger partial charge on any atom is 0.0167 e. The predicted molar refractivity (Wildman–Crippen MR) is 48.1 cm³/mol. The molecule has 2 heteroatoms. The average Bonchev–Trinajstić information content (AvgIpc) is 1.95. The van der Waals surface area contributed by atoms with E-state index >= 15 is 0 Å². The van der Waals surface area contributed by atoms with Crippen molar-refractivity contribution >= 4 is 0 Å². The zero-order valence-electron chi connectivity index (χ0n) is 7.22. The van der Waals surface area contributed by atoms with Gasteiger partial charge in [-0.05, 0) is 25.5 Å². The van der Waals surface area contributed by atoms with Gasteiger partial charge in [0.05, 0.1) is 0 Å². The van der Waals surface area contributed by atoms with E-state index in [4.69, 9.17) is 5.73 Å². The first-order valence-electron chi connectivity index (χ1n) is 4.03. The second-order valence-corrected chi connectivity index (χ2v) is 3.12. The molecular formula is C9H16N2.